The molecule has 0 heterocycles. The van der Waals surface area contributed by atoms with E-state index in [2.05, 4.69) is 67.8 Å². The van der Waals surface area contributed by atoms with E-state index >= 15 is 0 Å². The summed E-state index contributed by atoms with van der Waals surface area (Å²) in [5, 5.41) is 9.00. The molecule has 2 aromatic rings. The summed E-state index contributed by atoms with van der Waals surface area (Å²) >= 11 is 6.40. The van der Waals surface area contributed by atoms with E-state index in [0.29, 0.717) is 5.75 Å². The molecule has 0 aliphatic carbocycles. The van der Waals surface area contributed by atoms with Crippen molar-refractivity contribution >= 4 is 73.7 Å². The van der Waals surface area contributed by atoms with Gasteiger partial charge in [-0.25, -0.2) is 4.79 Å². The average Bonchev–Trinajstić information content (AvgIpc) is 2.35. The molecule has 0 bridgehead atoms. The fraction of sp³-hybridized carbons (Fsp3) is 0. The Labute approximate surface area is 151 Å². The predicted octanol–water partition coefficient (Wildman–Crippen LogP) is 4.99. The van der Waals surface area contributed by atoms with Crippen LogP contribution in [0.25, 0.3) is 0 Å². The van der Waals surface area contributed by atoms with Crippen molar-refractivity contribution in [2.75, 3.05) is 0 Å². The maximum absolute atomic E-state index is 11.0. The lowest BCUT2D eigenvalue weighted by atomic mass is 10.2. The average molecular weight is 592 g/mol. The van der Waals surface area contributed by atoms with E-state index in [0.717, 1.165) is 16.5 Å². The van der Waals surface area contributed by atoms with Crippen LogP contribution in [0.15, 0.2) is 36.4 Å². The molecule has 1 N–H and O–H groups in total. The van der Waals surface area contributed by atoms with Crippen molar-refractivity contribution in [2.45, 2.75) is 0 Å². The molecule has 0 saturated heterocycles. The third-order valence-electron chi connectivity index (χ3n) is 2.28. The second-order valence-corrected chi connectivity index (χ2v) is 7.20. The summed E-state index contributed by atoms with van der Waals surface area (Å²) in [7, 11) is 0. The van der Waals surface area contributed by atoms with Gasteiger partial charge in [-0.2, -0.15) is 0 Å². The zero-order valence-corrected chi connectivity index (χ0v) is 15.8. The van der Waals surface area contributed by atoms with Crippen molar-refractivity contribution < 1.29 is 14.6 Å². The summed E-state index contributed by atoms with van der Waals surface area (Å²) in [6, 6.07) is 10.9. The second kappa shape index (κ2) is 6.57. The molecule has 2 rings (SSSR count). The molecule has 98 valence electrons. The molecule has 0 atom stereocenters. The van der Waals surface area contributed by atoms with Crippen molar-refractivity contribution in [3.05, 3.63) is 52.7 Å². The van der Waals surface area contributed by atoms with Gasteiger partial charge >= 0.3 is 5.97 Å². The second-order valence-electron chi connectivity index (χ2n) is 3.63. The monoisotopic (exact) mass is 592 g/mol. The Hall–Kier alpha value is -0.100. The topological polar surface area (TPSA) is 46.5 Å². The van der Waals surface area contributed by atoms with Crippen molar-refractivity contribution in [1.82, 2.24) is 0 Å². The molecule has 0 spiro atoms. The number of halogens is 3. The van der Waals surface area contributed by atoms with Crippen molar-refractivity contribution in [3.63, 3.8) is 0 Å². The Morgan fingerprint density at radius 2 is 1.53 bits per heavy atom. The molecule has 0 saturated carbocycles. The van der Waals surface area contributed by atoms with E-state index in [1.54, 1.807) is 12.1 Å². The summed E-state index contributed by atoms with van der Waals surface area (Å²) in [4.78, 5) is 11.0. The number of carboxylic acid groups (broad SMARTS) is 1. The molecule has 0 fully saturated rings. The fourth-order valence-corrected chi connectivity index (χ4v) is 3.75. The van der Waals surface area contributed by atoms with Crippen LogP contribution >= 0.6 is 67.8 Å². The molecule has 2 aromatic carbocycles. The maximum Gasteiger partial charge on any atom is 0.335 e. The Bertz CT molecular complexity index is 601. The summed E-state index contributed by atoms with van der Waals surface area (Å²) in [5.74, 6) is 0.489. The van der Waals surface area contributed by atoms with Gasteiger partial charge in [-0.05, 0) is 104 Å². The van der Waals surface area contributed by atoms with Gasteiger partial charge in [0.25, 0.3) is 0 Å². The molecule has 0 unspecified atom stereocenters. The minimum atomic E-state index is -0.934. The zero-order chi connectivity index (χ0) is 14.0. The number of carbonyl (C=O) groups is 1. The van der Waals surface area contributed by atoms with Gasteiger partial charge in [0.15, 0.2) is 5.75 Å². The van der Waals surface area contributed by atoms with Gasteiger partial charge in [0.1, 0.15) is 5.75 Å². The van der Waals surface area contributed by atoms with Crippen LogP contribution in [0.4, 0.5) is 0 Å². The molecule has 0 aliphatic heterocycles. The minimum Gasteiger partial charge on any atom is -0.478 e. The van der Waals surface area contributed by atoms with Crippen LogP contribution in [0.1, 0.15) is 10.4 Å². The summed E-state index contributed by atoms with van der Waals surface area (Å²) < 4.78 is 8.51. The molecule has 0 aromatic heterocycles. The number of hydrogen-bond acceptors (Lipinski definition) is 2. The minimum absolute atomic E-state index is 0.267. The van der Waals surface area contributed by atoms with Crippen LogP contribution in [-0.2, 0) is 0 Å². The molecule has 0 aliphatic rings. The van der Waals surface area contributed by atoms with Gasteiger partial charge < -0.3 is 9.84 Å². The van der Waals surface area contributed by atoms with Gasteiger partial charge in [-0.1, -0.05) is 0 Å². The first-order valence-electron chi connectivity index (χ1n) is 5.13. The number of carboxylic acids is 1. The van der Waals surface area contributed by atoms with Gasteiger partial charge in [0.2, 0.25) is 0 Å². The first kappa shape index (κ1) is 15.3. The van der Waals surface area contributed by atoms with Crippen molar-refractivity contribution in [3.8, 4) is 11.5 Å². The lowest BCUT2D eigenvalue weighted by molar-refractivity contribution is 0.0696. The molecular weight excluding hydrogens is 585 g/mol. The summed E-state index contributed by atoms with van der Waals surface area (Å²) in [5.41, 5.74) is 0.267. The van der Waals surface area contributed by atoms with Crippen molar-refractivity contribution in [1.29, 1.82) is 0 Å². The van der Waals surface area contributed by atoms with Gasteiger partial charge in [-0.15, -0.1) is 0 Å². The third-order valence-corrected chi connectivity index (χ3v) is 4.60. The molecule has 0 radical (unpaired) electrons. The van der Waals surface area contributed by atoms with Gasteiger partial charge in [0.05, 0.1) is 12.7 Å². The largest absolute Gasteiger partial charge is 0.478 e. The van der Waals surface area contributed by atoms with Crippen LogP contribution < -0.4 is 4.74 Å². The fourth-order valence-electron chi connectivity index (χ4n) is 1.40. The first-order chi connectivity index (χ1) is 8.97. The standard InChI is InChI=1S/C13H7I3O3/c14-8-1-3-9(4-2-8)19-12-10(15)5-7(13(17)18)6-11(12)16/h1-6H,(H,17,18). The van der Waals surface area contributed by atoms with E-state index in [4.69, 9.17) is 9.84 Å². The molecule has 0 amide bonds. The number of hydrogen-bond donors (Lipinski definition) is 1. The van der Waals surface area contributed by atoms with Crippen LogP contribution in [0.2, 0.25) is 0 Å². The number of benzene rings is 2. The quantitative estimate of drug-likeness (QED) is 0.512. The third kappa shape index (κ3) is 3.94. The number of ether oxygens (including phenoxy) is 1. The van der Waals surface area contributed by atoms with Crippen LogP contribution in [0.3, 0.4) is 0 Å². The Morgan fingerprint density at radius 1 is 1.00 bits per heavy atom. The number of rotatable bonds is 3. The SMILES string of the molecule is O=C(O)c1cc(I)c(Oc2ccc(I)cc2)c(I)c1. The summed E-state index contributed by atoms with van der Waals surface area (Å²) in [6.07, 6.45) is 0. The van der Waals surface area contributed by atoms with Crippen LogP contribution in [-0.4, -0.2) is 11.1 Å². The van der Waals surface area contributed by atoms with Crippen LogP contribution in [0.5, 0.6) is 11.5 Å². The maximum atomic E-state index is 11.0. The Balaban J connectivity index is 2.35. The normalized spacial score (nSPS) is 10.3. The molecule has 19 heavy (non-hydrogen) atoms. The highest BCUT2D eigenvalue weighted by molar-refractivity contribution is 14.1. The predicted molar refractivity (Wildman–Crippen MR) is 98.1 cm³/mol. The van der Waals surface area contributed by atoms with E-state index in [1.165, 1.54) is 0 Å². The van der Waals surface area contributed by atoms with E-state index in [9.17, 15) is 4.79 Å². The van der Waals surface area contributed by atoms with E-state index in [1.807, 2.05) is 24.3 Å². The lowest BCUT2D eigenvalue weighted by Crippen LogP contribution is -2.00. The number of aromatic carboxylic acids is 1. The Morgan fingerprint density at radius 3 is 2.00 bits per heavy atom. The Kier molecular flexibility index (Phi) is 5.29. The van der Waals surface area contributed by atoms with E-state index < -0.39 is 5.97 Å². The molecular formula is C13H7I3O3. The summed E-state index contributed by atoms with van der Waals surface area (Å²) in [6.45, 7) is 0. The van der Waals surface area contributed by atoms with Crippen LogP contribution in [0, 0.1) is 10.7 Å². The molecule has 6 heteroatoms. The molecule has 3 nitrogen and oxygen atoms in total. The van der Waals surface area contributed by atoms with E-state index in [-0.39, 0.29) is 5.56 Å². The van der Waals surface area contributed by atoms with Gasteiger partial charge in [0, 0.05) is 3.57 Å². The van der Waals surface area contributed by atoms with Gasteiger partial charge in [-0.3, -0.25) is 0 Å². The highest BCUT2D eigenvalue weighted by Crippen LogP contribution is 2.33. The highest BCUT2D eigenvalue weighted by Gasteiger charge is 2.13. The smallest absolute Gasteiger partial charge is 0.335 e. The zero-order valence-electron chi connectivity index (χ0n) is 9.36. The highest BCUT2D eigenvalue weighted by atomic mass is 127. The van der Waals surface area contributed by atoms with Crippen molar-refractivity contribution in [2.24, 2.45) is 0 Å². The lowest BCUT2D eigenvalue weighted by Gasteiger charge is -2.11. The first-order valence-corrected chi connectivity index (χ1v) is 8.37.